The van der Waals surface area contributed by atoms with Crippen molar-refractivity contribution >= 4 is 39.9 Å². The van der Waals surface area contributed by atoms with Gasteiger partial charge in [0.2, 0.25) is 5.91 Å². The Kier molecular flexibility index (Phi) is 6.87. The Morgan fingerprint density at radius 3 is 2.54 bits per heavy atom. The molecule has 0 N–H and O–H groups in total. The third-order valence-corrected chi connectivity index (χ3v) is 8.51. The monoisotopic (exact) mass is 516 g/mol. The SMILES string of the molecule is COc1ccccc1N1CCN(C(=O)CSc2nnc3c4ccccc4nc(C4CCCCC4)n23)CC1. The molecule has 1 amide bonds. The smallest absolute Gasteiger partial charge is 0.233 e. The molecule has 1 aliphatic heterocycles. The predicted molar refractivity (Wildman–Crippen MR) is 147 cm³/mol. The first kappa shape index (κ1) is 24.0. The maximum Gasteiger partial charge on any atom is 0.233 e. The first-order valence-corrected chi connectivity index (χ1v) is 14.1. The van der Waals surface area contributed by atoms with Crippen molar-refractivity contribution in [2.45, 2.75) is 43.2 Å². The number of anilines is 1. The van der Waals surface area contributed by atoms with E-state index in [9.17, 15) is 4.79 Å². The van der Waals surface area contributed by atoms with Gasteiger partial charge in [0.1, 0.15) is 11.6 Å². The van der Waals surface area contributed by atoms with Crippen molar-refractivity contribution in [2.75, 3.05) is 43.9 Å². The van der Waals surface area contributed by atoms with Crippen molar-refractivity contribution in [1.29, 1.82) is 0 Å². The van der Waals surface area contributed by atoms with Crippen LogP contribution in [-0.4, -0.2) is 69.4 Å². The number of piperazine rings is 1. The van der Waals surface area contributed by atoms with Gasteiger partial charge in [0.25, 0.3) is 0 Å². The van der Waals surface area contributed by atoms with Crippen LogP contribution in [0.15, 0.2) is 53.7 Å². The number of aromatic nitrogens is 4. The van der Waals surface area contributed by atoms with Crippen LogP contribution in [0.25, 0.3) is 16.6 Å². The van der Waals surface area contributed by atoms with Crippen molar-refractivity contribution in [2.24, 2.45) is 0 Å². The first-order chi connectivity index (χ1) is 18.2. The summed E-state index contributed by atoms with van der Waals surface area (Å²) in [5, 5.41) is 10.9. The van der Waals surface area contributed by atoms with Gasteiger partial charge < -0.3 is 14.5 Å². The van der Waals surface area contributed by atoms with E-state index in [1.807, 2.05) is 35.2 Å². The molecule has 0 unspecified atom stereocenters. The molecule has 1 aliphatic carbocycles. The molecule has 2 aromatic heterocycles. The molecule has 0 atom stereocenters. The molecule has 2 fully saturated rings. The molecular formula is C28H32N6O2S. The van der Waals surface area contributed by atoms with Crippen LogP contribution in [0, 0.1) is 0 Å². The Morgan fingerprint density at radius 2 is 1.73 bits per heavy atom. The Balaban J connectivity index is 1.18. The van der Waals surface area contributed by atoms with Gasteiger partial charge in [-0.2, -0.15) is 0 Å². The van der Waals surface area contributed by atoms with Crippen molar-refractivity contribution in [3.05, 3.63) is 54.4 Å². The molecular weight excluding hydrogens is 484 g/mol. The zero-order valence-electron chi connectivity index (χ0n) is 21.2. The predicted octanol–water partition coefficient (Wildman–Crippen LogP) is 4.77. The zero-order chi connectivity index (χ0) is 25.2. The molecule has 0 radical (unpaired) electrons. The van der Waals surface area contributed by atoms with Gasteiger partial charge in [-0.3, -0.25) is 9.20 Å². The van der Waals surface area contributed by atoms with Gasteiger partial charge in [-0.05, 0) is 37.1 Å². The quantitative estimate of drug-likeness (QED) is 0.342. The van der Waals surface area contributed by atoms with Crippen LogP contribution in [0.4, 0.5) is 5.69 Å². The summed E-state index contributed by atoms with van der Waals surface area (Å²) in [6.07, 6.45) is 6.02. The summed E-state index contributed by atoms with van der Waals surface area (Å²) in [5.41, 5.74) is 2.88. The first-order valence-electron chi connectivity index (χ1n) is 13.2. The van der Waals surface area contributed by atoms with E-state index in [2.05, 4.69) is 37.7 Å². The van der Waals surface area contributed by atoms with E-state index in [1.54, 1.807) is 7.11 Å². The highest BCUT2D eigenvalue weighted by molar-refractivity contribution is 7.99. The number of methoxy groups -OCH3 is 1. The number of fused-ring (bicyclic) bond motifs is 3. The highest BCUT2D eigenvalue weighted by Crippen LogP contribution is 2.35. The molecule has 1 saturated carbocycles. The van der Waals surface area contributed by atoms with Gasteiger partial charge in [-0.1, -0.05) is 55.3 Å². The molecule has 2 aromatic carbocycles. The maximum atomic E-state index is 13.2. The number of para-hydroxylation sites is 3. The van der Waals surface area contributed by atoms with E-state index >= 15 is 0 Å². The molecule has 2 aliphatic rings. The molecule has 9 heteroatoms. The van der Waals surface area contributed by atoms with E-state index in [0.717, 1.165) is 64.9 Å². The Labute approximate surface area is 221 Å². The van der Waals surface area contributed by atoms with Crippen LogP contribution in [0.1, 0.15) is 43.8 Å². The van der Waals surface area contributed by atoms with Gasteiger partial charge in [0.05, 0.1) is 24.1 Å². The largest absolute Gasteiger partial charge is 0.495 e. The van der Waals surface area contributed by atoms with E-state index < -0.39 is 0 Å². The maximum absolute atomic E-state index is 13.2. The molecule has 0 bridgehead atoms. The fourth-order valence-electron chi connectivity index (χ4n) is 5.62. The summed E-state index contributed by atoms with van der Waals surface area (Å²) in [6, 6.07) is 16.2. The van der Waals surface area contributed by atoms with Gasteiger partial charge in [-0.25, -0.2) is 4.98 Å². The number of rotatable bonds is 6. The highest BCUT2D eigenvalue weighted by atomic mass is 32.2. The fourth-order valence-corrected chi connectivity index (χ4v) is 6.46. The minimum atomic E-state index is 0.134. The third-order valence-electron chi connectivity index (χ3n) is 7.60. The Morgan fingerprint density at radius 1 is 0.973 bits per heavy atom. The highest BCUT2D eigenvalue weighted by Gasteiger charge is 2.26. The van der Waals surface area contributed by atoms with Gasteiger partial charge in [0.15, 0.2) is 10.8 Å². The summed E-state index contributed by atoms with van der Waals surface area (Å²) >= 11 is 1.47. The number of ether oxygens (including phenoxy) is 1. The molecule has 4 aromatic rings. The average Bonchev–Trinajstić information content (AvgIpc) is 3.40. The Bertz CT molecular complexity index is 1410. The Hall–Kier alpha value is -3.33. The molecule has 192 valence electrons. The lowest BCUT2D eigenvalue weighted by atomic mass is 9.88. The molecule has 8 nitrogen and oxygen atoms in total. The molecule has 3 heterocycles. The number of benzene rings is 2. The summed E-state index contributed by atoms with van der Waals surface area (Å²) in [7, 11) is 1.70. The van der Waals surface area contributed by atoms with Crippen LogP contribution in [-0.2, 0) is 4.79 Å². The average molecular weight is 517 g/mol. The lowest BCUT2D eigenvalue weighted by molar-refractivity contribution is -0.128. The van der Waals surface area contributed by atoms with E-state index in [4.69, 9.17) is 9.72 Å². The minimum Gasteiger partial charge on any atom is -0.495 e. The van der Waals surface area contributed by atoms with Crippen molar-refractivity contribution in [3.8, 4) is 5.75 Å². The summed E-state index contributed by atoms with van der Waals surface area (Å²) in [6.45, 7) is 2.95. The lowest BCUT2D eigenvalue weighted by Gasteiger charge is -2.36. The second-order valence-corrected chi connectivity index (χ2v) is 10.7. The number of hydrogen-bond acceptors (Lipinski definition) is 7. The van der Waals surface area contributed by atoms with Crippen LogP contribution in [0.3, 0.4) is 0 Å². The lowest BCUT2D eigenvalue weighted by Crippen LogP contribution is -2.49. The number of hydrogen-bond donors (Lipinski definition) is 0. The third kappa shape index (κ3) is 4.72. The van der Waals surface area contributed by atoms with Crippen LogP contribution in [0.5, 0.6) is 5.75 Å². The summed E-state index contributed by atoms with van der Waals surface area (Å²) in [4.78, 5) is 22.5. The van der Waals surface area contributed by atoms with Crippen molar-refractivity contribution < 1.29 is 9.53 Å². The van der Waals surface area contributed by atoms with Gasteiger partial charge in [0, 0.05) is 37.5 Å². The fraction of sp³-hybridized carbons (Fsp3) is 0.429. The zero-order valence-corrected chi connectivity index (χ0v) is 22.0. The van der Waals surface area contributed by atoms with Crippen LogP contribution in [0.2, 0.25) is 0 Å². The summed E-state index contributed by atoms with van der Waals surface area (Å²) in [5.74, 6) is 2.78. The second kappa shape index (κ2) is 10.6. The number of thioether (sulfide) groups is 1. The van der Waals surface area contributed by atoms with E-state index in [-0.39, 0.29) is 5.91 Å². The van der Waals surface area contributed by atoms with Crippen molar-refractivity contribution in [1.82, 2.24) is 24.5 Å². The summed E-state index contributed by atoms with van der Waals surface area (Å²) < 4.78 is 7.64. The number of carbonyl (C=O) groups excluding carboxylic acids is 1. The molecule has 1 saturated heterocycles. The van der Waals surface area contributed by atoms with E-state index in [0.29, 0.717) is 24.8 Å². The molecule has 37 heavy (non-hydrogen) atoms. The number of carbonyl (C=O) groups is 1. The number of nitrogens with zero attached hydrogens (tertiary/aromatic N) is 6. The van der Waals surface area contributed by atoms with Gasteiger partial charge in [-0.15, -0.1) is 10.2 Å². The second-order valence-electron chi connectivity index (χ2n) is 9.79. The standard InChI is InChI=1S/C28H32N6O2S/c1-36-24-14-8-7-13-23(24)32-15-17-33(18-16-32)25(35)19-37-28-31-30-27-21-11-5-6-12-22(21)29-26(34(27)28)20-9-3-2-4-10-20/h5-8,11-14,20H,2-4,9-10,15-19H2,1H3. The van der Waals surface area contributed by atoms with Gasteiger partial charge >= 0.3 is 0 Å². The molecule has 0 spiro atoms. The van der Waals surface area contributed by atoms with E-state index in [1.165, 1.54) is 31.0 Å². The van der Waals surface area contributed by atoms with Crippen LogP contribution < -0.4 is 9.64 Å². The van der Waals surface area contributed by atoms with Crippen molar-refractivity contribution in [3.63, 3.8) is 0 Å². The topological polar surface area (TPSA) is 75.9 Å². The van der Waals surface area contributed by atoms with Crippen LogP contribution >= 0.6 is 11.8 Å². The normalized spacial score (nSPS) is 17.0. The minimum absolute atomic E-state index is 0.134. The number of amides is 1. The molecule has 6 rings (SSSR count).